The Labute approximate surface area is 159 Å². The van der Waals surface area contributed by atoms with Crippen molar-refractivity contribution in [2.75, 3.05) is 6.54 Å². The fourth-order valence-electron chi connectivity index (χ4n) is 2.43. The first-order valence-corrected chi connectivity index (χ1v) is 10.2. The Hall–Kier alpha value is -2.67. The molecule has 0 heterocycles. The fourth-order valence-corrected chi connectivity index (χ4v) is 3.79. The standard InChI is InChI=1S/C20H23NO5S/c1-20(2,19(23)24)11-12-21-18(22)16-8-6-7-15(13-16)14-27(25,26)17-9-4-3-5-10-17/h3-10,13H,11-12,14H2,1-2H3,(H,21,22)(H,23,24). The van der Waals surface area contributed by atoms with Crippen LogP contribution in [-0.2, 0) is 20.4 Å². The average molecular weight is 389 g/mol. The normalized spacial score (nSPS) is 11.8. The molecule has 0 bridgehead atoms. The number of nitrogens with one attached hydrogen (secondary N) is 1. The third kappa shape index (κ3) is 5.65. The molecule has 0 radical (unpaired) electrons. The molecular weight excluding hydrogens is 366 g/mol. The molecule has 2 rings (SSSR count). The maximum absolute atomic E-state index is 12.5. The van der Waals surface area contributed by atoms with E-state index in [9.17, 15) is 18.0 Å². The number of benzene rings is 2. The molecule has 6 nitrogen and oxygen atoms in total. The van der Waals surface area contributed by atoms with Crippen molar-refractivity contribution in [3.8, 4) is 0 Å². The van der Waals surface area contributed by atoms with Gasteiger partial charge in [0.05, 0.1) is 16.1 Å². The monoisotopic (exact) mass is 389 g/mol. The van der Waals surface area contributed by atoms with Crippen LogP contribution in [0.5, 0.6) is 0 Å². The number of amides is 1. The summed E-state index contributed by atoms with van der Waals surface area (Å²) in [5, 5.41) is 11.8. The predicted molar refractivity (Wildman–Crippen MR) is 102 cm³/mol. The summed E-state index contributed by atoms with van der Waals surface area (Å²) in [6.07, 6.45) is 0.288. The minimum atomic E-state index is -3.50. The van der Waals surface area contributed by atoms with Crippen molar-refractivity contribution < 1.29 is 23.1 Å². The van der Waals surface area contributed by atoms with Gasteiger partial charge in [0.2, 0.25) is 0 Å². The van der Waals surface area contributed by atoms with Gasteiger partial charge in [-0.15, -0.1) is 0 Å². The van der Waals surface area contributed by atoms with Crippen LogP contribution in [0.15, 0.2) is 59.5 Å². The molecule has 1 amide bonds. The van der Waals surface area contributed by atoms with E-state index in [0.717, 1.165) is 0 Å². The van der Waals surface area contributed by atoms with E-state index in [1.54, 1.807) is 50.2 Å². The van der Waals surface area contributed by atoms with E-state index in [4.69, 9.17) is 5.11 Å². The SMILES string of the molecule is CC(C)(CCNC(=O)c1cccc(CS(=O)(=O)c2ccccc2)c1)C(=O)O. The number of carbonyl (C=O) groups is 2. The number of hydrogen-bond acceptors (Lipinski definition) is 4. The number of rotatable bonds is 8. The molecule has 0 unspecified atom stereocenters. The maximum atomic E-state index is 12.5. The highest BCUT2D eigenvalue weighted by Gasteiger charge is 2.26. The summed E-state index contributed by atoms with van der Waals surface area (Å²) in [6, 6.07) is 14.6. The highest BCUT2D eigenvalue weighted by Crippen LogP contribution is 2.20. The van der Waals surface area contributed by atoms with E-state index < -0.39 is 21.2 Å². The third-order valence-corrected chi connectivity index (χ3v) is 5.97. The molecule has 2 aromatic carbocycles. The van der Waals surface area contributed by atoms with Crippen molar-refractivity contribution in [2.45, 2.75) is 30.9 Å². The van der Waals surface area contributed by atoms with Crippen LogP contribution in [0.4, 0.5) is 0 Å². The summed E-state index contributed by atoms with van der Waals surface area (Å²) in [7, 11) is -3.50. The zero-order valence-corrected chi connectivity index (χ0v) is 16.1. The lowest BCUT2D eigenvalue weighted by molar-refractivity contribution is -0.147. The van der Waals surface area contributed by atoms with Gasteiger partial charge in [-0.2, -0.15) is 0 Å². The van der Waals surface area contributed by atoms with Crippen molar-refractivity contribution in [2.24, 2.45) is 5.41 Å². The van der Waals surface area contributed by atoms with Gasteiger partial charge in [0.1, 0.15) is 0 Å². The van der Waals surface area contributed by atoms with Crippen molar-refractivity contribution in [1.82, 2.24) is 5.32 Å². The molecule has 0 aromatic heterocycles. The first kappa shape index (κ1) is 20.6. The van der Waals surface area contributed by atoms with E-state index in [1.807, 2.05) is 0 Å². The van der Waals surface area contributed by atoms with Crippen LogP contribution in [0.3, 0.4) is 0 Å². The Kier molecular flexibility index (Phi) is 6.38. The van der Waals surface area contributed by atoms with E-state index in [0.29, 0.717) is 11.1 Å². The Morgan fingerprint density at radius 1 is 1.04 bits per heavy atom. The summed E-state index contributed by atoms with van der Waals surface area (Å²) >= 11 is 0. The predicted octanol–water partition coefficient (Wildman–Crippen LogP) is 2.89. The van der Waals surface area contributed by atoms with Crippen LogP contribution in [0, 0.1) is 5.41 Å². The van der Waals surface area contributed by atoms with Gasteiger partial charge < -0.3 is 10.4 Å². The second kappa shape index (κ2) is 8.35. The second-order valence-corrected chi connectivity index (χ2v) is 8.96. The van der Waals surface area contributed by atoms with Crippen molar-refractivity contribution in [3.63, 3.8) is 0 Å². The Morgan fingerprint density at radius 2 is 1.70 bits per heavy atom. The summed E-state index contributed by atoms with van der Waals surface area (Å²) in [5.41, 5.74) is -0.0833. The van der Waals surface area contributed by atoms with Crippen molar-refractivity contribution >= 4 is 21.7 Å². The highest BCUT2D eigenvalue weighted by atomic mass is 32.2. The van der Waals surface area contributed by atoms with Crippen LogP contribution in [0.25, 0.3) is 0 Å². The summed E-state index contributed by atoms with van der Waals surface area (Å²) in [5.74, 6) is -1.50. The molecule has 144 valence electrons. The summed E-state index contributed by atoms with van der Waals surface area (Å²) < 4.78 is 24.9. The van der Waals surface area contributed by atoms with Crippen LogP contribution in [0.1, 0.15) is 36.2 Å². The average Bonchev–Trinajstić information content (AvgIpc) is 2.62. The van der Waals surface area contributed by atoms with Gasteiger partial charge in [-0.25, -0.2) is 8.42 Å². The van der Waals surface area contributed by atoms with Gasteiger partial charge in [-0.3, -0.25) is 9.59 Å². The minimum Gasteiger partial charge on any atom is -0.481 e. The van der Waals surface area contributed by atoms with Crippen LogP contribution in [0.2, 0.25) is 0 Å². The lowest BCUT2D eigenvalue weighted by atomic mass is 9.90. The zero-order valence-electron chi connectivity index (χ0n) is 15.3. The molecule has 0 aliphatic heterocycles. The van der Waals surface area contributed by atoms with Gasteiger partial charge in [0, 0.05) is 12.1 Å². The molecule has 0 spiro atoms. The topological polar surface area (TPSA) is 101 Å². The largest absolute Gasteiger partial charge is 0.481 e. The first-order valence-electron chi connectivity index (χ1n) is 8.50. The number of carboxylic acids is 1. The number of sulfone groups is 1. The number of carboxylic acid groups (broad SMARTS) is 1. The quantitative estimate of drug-likeness (QED) is 0.723. The molecule has 0 saturated heterocycles. The molecule has 0 saturated carbocycles. The lowest BCUT2D eigenvalue weighted by Gasteiger charge is -2.18. The van der Waals surface area contributed by atoms with Crippen molar-refractivity contribution in [1.29, 1.82) is 0 Å². The molecule has 0 aliphatic rings. The van der Waals surface area contributed by atoms with Gasteiger partial charge in [0.15, 0.2) is 9.84 Å². The van der Waals surface area contributed by atoms with Crippen LogP contribution < -0.4 is 5.32 Å². The number of aliphatic carboxylic acids is 1. The van der Waals surface area contributed by atoms with Gasteiger partial charge >= 0.3 is 5.97 Å². The first-order chi connectivity index (χ1) is 12.6. The molecule has 7 heteroatoms. The van der Waals surface area contributed by atoms with Crippen LogP contribution >= 0.6 is 0 Å². The Morgan fingerprint density at radius 3 is 2.33 bits per heavy atom. The highest BCUT2D eigenvalue weighted by molar-refractivity contribution is 7.90. The molecule has 0 atom stereocenters. The molecular formula is C20H23NO5S. The lowest BCUT2D eigenvalue weighted by Crippen LogP contribution is -2.32. The third-order valence-electron chi connectivity index (χ3n) is 4.26. The summed E-state index contributed by atoms with van der Waals surface area (Å²) in [6.45, 7) is 3.40. The van der Waals surface area contributed by atoms with Gasteiger partial charge in [0.25, 0.3) is 5.91 Å². The van der Waals surface area contributed by atoms with Gasteiger partial charge in [-0.05, 0) is 50.1 Å². The molecule has 2 aromatic rings. The number of hydrogen-bond donors (Lipinski definition) is 2. The van der Waals surface area contributed by atoms with Gasteiger partial charge in [-0.1, -0.05) is 30.3 Å². The van der Waals surface area contributed by atoms with E-state index in [-0.39, 0.29) is 29.5 Å². The van der Waals surface area contributed by atoms with E-state index >= 15 is 0 Å². The molecule has 2 N–H and O–H groups in total. The van der Waals surface area contributed by atoms with E-state index in [1.165, 1.54) is 18.2 Å². The van der Waals surface area contributed by atoms with E-state index in [2.05, 4.69) is 5.32 Å². The van der Waals surface area contributed by atoms with Crippen molar-refractivity contribution in [3.05, 3.63) is 65.7 Å². The minimum absolute atomic E-state index is 0.204. The number of carbonyl (C=O) groups excluding carboxylic acids is 1. The zero-order chi connectivity index (χ0) is 20.1. The molecule has 0 aliphatic carbocycles. The summed E-state index contributed by atoms with van der Waals surface area (Å²) in [4.78, 5) is 23.6. The Balaban J connectivity index is 2.04. The second-order valence-electron chi connectivity index (χ2n) is 6.97. The fraction of sp³-hybridized carbons (Fsp3) is 0.300. The Bertz CT molecular complexity index is 920. The maximum Gasteiger partial charge on any atom is 0.309 e. The van der Waals surface area contributed by atoms with Crippen LogP contribution in [-0.4, -0.2) is 31.9 Å². The molecule has 27 heavy (non-hydrogen) atoms. The smallest absolute Gasteiger partial charge is 0.309 e. The molecule has 0 fully saturated rings.